The van der Waals surface area contributed by atoms with E-state index in [1.165, 1.54) is 0 Å². The van der Waals surface area contributed by atoms with Crippen molar-refractivity contribution in [3.63, 3.8) is 0 Å². The molecular formula is C4H11N2S2-. The number of hydrogen-bond donors (Lipinski definition) is 1. The summed E-state index contributed by atoms with van der Waals surface area (Å²) >= 11 is 0. The summed E-state index contributed by atoms with van der Waals surface area (Å²) in [5, 5.41) is 0. The van der Waals surface area contributed by atoms with Gasteiger partial charge < -0.3 is 11.5 Å². The standard InChI is InChI=1S/C4H11N2S2/c5-1-3-7-8-4-2-6/h5H,1-4,6H2/q-1. The Morgan fingerprint density at radius 2 is 1.88 bits per heavy atom. The fraction of sp³-hybridized carbons (Fsp3) is 1.00. The van der Waals surface area contributed by atoms with Crippen molar-refractivity contribution in [1.29, 1.82) is 0 Å². The third kappa shape index (κ3) is 6.62. The van der Waals surface area contributed by atoms with E-state index in [1.54, 1.807) is 21.6 Å². The number of nitrogens with two attached hydrogens (primary N) is 1. The van der Waals surface area contributed by atoms with Crippen molar-refractivity contribution in [2.45, 2.75) is 0 Å². The quantitative estimate of drug-likeness (QED) is 0.477. The number of nitrogens with one attached hydrogen (secondary N) is 1. The summed E-state index contributed by atoms with van der Waals surface area (Å²) in [5.74, 6) is 1.93. The van der Waals surface area contributed by atoms with Crippen molar-refractivity contribution in [2.24, 2.45) is 5.73 Å². The normalized spacial score (nSPS) is 9.75. The van der Waals surface area contributed by atoms with Crippen LogP contribution < -0.4 is 5.73 Å². The van der Waals surface area contributed by atoms with E-state index in [0.29, 0.717) is 6.54 Å². The Hall–Kier alpha value is 0.620. The first-order valence-corrected chi connectivity index (χ1v) is 4.99. The first-order valence-electron chi connectivity index (χ1n) is 2.51. The second-order valence-electron chi connectivity index (χ2n) is 1.18. The van der Waals surface area contributed by atoms with Crippen LogP contribution in [0.1, 0.15) is 0 Å². The van der Waals surface area contributed by atoms with Crippen molar-refractivity contribution >= 4 is 21.6 Å². The summed E-state index contributed by atoms with van der Waals surface area (Å²) in [6.07, 6.45) is 0. The van der Waals surface area contributed by atoms with Crippen LogP contribution in [0, 0.1) is 0 Å². The molecule has 50 valence electrons. The summed E-state index contributed by atoms with van der Waals surface area (Å²) in [6, 6.07) is 0. The highest BCUT2D eigenvalue weighted by atomic mass is 33.1. The zero-order chi connectivity index (χ0) is 6.24. The minimum Gasteiger partial charge on any atom is -0.677 e. The van der Waals surface area contributed by atoms with Gasteiger partial charge in [0.05, 0.1) is 0 Å². The SMILES string of the molecule is [NH-]CCSSCCN. The molecule has 2 nitrogen and oxygen atoms in total. The van der Waals surface area contributed by atoms with Gasteiger partial charge in [0, 0.05) is 12.3 Å². The lowest BCUT2D eigenvalue weighted by atomic mass is 10.8. The molecule has 0 spiro atoms. The van der Waals surface area contributed by atoms with Gasteiger partial charge >= 0.3 is 0 Å². The van der Waals surface area contributed by atoms with Crippen LogP contribution in [0.25, 0.3) is 5.73 Å². The fourth-order valence-electron chi connectivity index (χ4n) is 0.208. The molecule has 4 heteroatoms. The Balaban J connectivity index is 2.53. The molecule has 0 radical (unpaired) electrons. The van der Waals surface area contributed by atoms with E-state index in [0.717, 1.165) is 18.1 Å². The van der Waals surface area contributed by atoms with E-state index in [9.17, 15) is 0 Å². The van der Waals surface area contributed by atoms with Gasteiger partial charge in [0.25, 0.3) is 0 Å². The van der Waals surface area contributed by atoms with Crippen LogP contribution in [-0.4, -0.2) is 24.6 Å². The molecular weight excluding hydrogens is 140 g/mol. The first kappa shape index (κ1) is 8.62. The zero-order valence-corrected chi connectivity index (χ0v) is 6.36. The Morgan fingerprint density at radius 3 is 2.38 bits per heavy atom. The molecule has 0 bridgehead atoms. The molecule has 0 aliphatic rings. The Kier molecular flexibility index (Phi) is 8.21. The van der Waals surface area contributed by atoms with Gasteiger partial charge in [-0.2, -0.15) is 0 Å². The summed E-state index contributed by atoms with van der Waals surface area (Å²) in [7, 11) is 3.48. The molecule has 0 saturated heterocycles. The van der Waals surface area contributed by atoms with E-state index in [4.69, 9.17) is 11.5 Å². The van der Waals surface area contributed by atoms with Crippen molar-refractivity contribution in [2.75, 3.05) is 24.6 Å². The Bertz CT molecular complexity index is 37.0. The molecule has 3 N–H and O–H groups in total. The topological polar surface area (TPSA) is 49.8 Å². The van der Waals surface area contributed by atoms with Gasteiger partial charge in [-0.15, -0.1) is 6.54 Å². The zero-order valence-electron chi connectivity index (χ0n) is 4.72. The van der Waals surface area contributed by atoms with Gasteiger partial charge in [0.1, 0.15) is 0 Å². The van der Waals surface area contributed by atoms with Crippen molar-refractivity contribution < 1.29 is 0 Å². The van der Waals surface area contributed by atoms with Crippen LogP contribution >= 0.6 is 21.6 Å². The molecule has 0 aromatic heterocycles. The van der Waals surface area contributed by atoms with Crippen LogP contribution in [0.5, 0.6) is 0 Å². The highest BCUT2D eigenvalue weighted by Gasteiger charge is 1.81. The van der Waals surface area contributed by atoms with Gasteiger partial charge in [0.2, 0.25) is 0 Å². The van der Waals surface area contributed by atoms with E-state index in [1.807, 2.05) is 0 Å². The minimum absolute atomic E-state index is 0.516. The second-order valence-corrected chi connectivity index (χ2v) is 3.88. The van der Waals surface area contributed by atoms with Gasteiger partial charge in [-0.3, -0.25) is 0 Å². The average molecular weight is 151 g/mol. The fourth-order valence-corrected chi connectivity index (χ4v) is 1.87. The maximum Gasteiger partial charge on any atom is 0.0160 e. The van der Waals surface area contributed by atoms with Gasteiger partial charge in [0.15, 0.2) is 0 Å². The Morgan fingerprint density at radius 1 is 1.25 bits per heavy atom. The highest BCUT2D eigenvalue weighted by Crippen LogP contribution is 2.18. The van der Waals surface area contributed by atoms with Crippen LogP contribution in [0.2, 0.25) is 0 Å². The third-order valence-corrected chi connectivity index (χ3v) is 2.91. The summed E-state index contributed by atoms with van der Waals surface area (Å²) in [6.45, 7) is 1.26. The second kappa shape index (κ2) is 7.62. The van der Waals surface area contributed by atoms with Crippen molar-refractivity contribution in [3.05, 3.63) is 5.73 Å². The molecule has 0 aliphatic heterocycles. The summed E-state index contributed by atoms with van der Waals surface area (Å²) < 4.78 is 0. The Labute approximate surface area is 58.2 Å². The van der Waals surface area contributed by atoms with E-state index >= 15 is 0 Å². The molecule has 0 atom stereocenters. The molecule has 8 heavy (non-hydrogen) atoms. The smallest absolute Gasteiger partial charge is 0.0160 e. The molecule has 0 aromatic carbocycles. The summed E-state index contributed by atoms with van der Waals surface area (Å²) in [5.41, 5.74) is 12.0. The molecule has 0 amide bonds. The predicted octanol–water partition coefficient (Wildman–Crippen LogP) is 1.38. The molecule has 0 heterocycles. The van der Waals surface area contributed by atoms with Crippen LogP contribution in [0.15, 0.2) is 0 Å². The van der Waals surface area contributed by atoms with E-state index < -0.39 is 0 Å². The van der Waals surface area contributed by atoms with E-state index in [2.05, 4.69) is 0 Å². The largest absolute Gasteiger partial charge is 0.677 e. The van der Waals surface area contributed by atoms with Crippen LogP contribution in [0.4, 0.5) is 0 Å². The predicted molar refractivity (Wildman–Crippen MR) is 43.2 cm³/mol. The van der Waals surface area contributed by atoms with Crippen molar-refractivity contribution in [1.82, 2.24) is 0 Å². The van der Waals surface area contributed by atoms with Crippen LogP contribution in [-0.2, 0) is 0 Å². The van der Waals surface area contributed by atoms with Crippen LogP contribution in [0.3, 0.4) is 0 Å². The molecule has 0 unspecified atom stereocenters. The lowest BCUT2D eigenvalue weighted by Gasteiger charge is -1.98. The first-order chi connectivity index (χ1) is 3.91. The molecule has 0 aromatic rings. The van der Waals surface area contributed by atoms with Gasteiger partial charge in [-0.1, -0.05) is 21.6 Å². The maximum absolute atomic E-state index is 6.77. The maximum atomic E-state index is 6.77. The molecule has 0 aliphatic carbocycles. The van der Waals surface area contributed by atoms with Gasteiger partial charge in [-0.25, -0.2) is 0 Å². The monoisotopic (exact) mass is 151 g/mol. The molecule has 0 saturated carbocycles. The van der Waals surface area contributed by atoms with Gasteiger partial charge in [-0.05, 0) is 5.75 Å². The molecule has 0 fully saturated rings. The summed E-state index contributed by atoms with van der Waals surface area (Å²) in [4.78, 5) is 0. The van der Waals surface area contributed by atoms with Crippen molar-refractivity contribution in [3.8, 4) is 0 Å². The molecule has 0 rings (SSSR count). The number of hydrogen-bond acceptors (Lipinski definition) is 3. The average Bonchev–Trinajstić information content (AvgIpc) is 1.81. The third-order valence-electron chi connectivity index (χ3n) is 0.470. The lowest BCUT2D eigenvalue weighted by molar-refractivity contribution is 1.16. The lowest BCUT2D eigenvalue weighted by Crippen LogP contribution is -1.99. The number of rotatable bonds is 5. The minimum atomic E-state index is 0.516. The van der Waals surface area contributed by atoms with E-state index in [-0.39, 0.29) is 0 Å². The highest BCUT2D eigenvalue weighted by molar-refractivity contribution is 8.76.